The third-order valence-corrected chi connectivity index (χ3v) is 6.41. The predicted molar refractivity (Wildman–Crippen MR) is 103 cm³/mol. The summed E-state index contributed by atoms with van der Waals surface area (Å²) in [5.74, 6) is -0.461. The number of aromatic nitrogens is 2. The van der Waals surface area contributed by atoms with Crippen LogP contribution in [0, 0.1) is 0 Å². The van der Waals surface area contributed by atoms with Crippen LogP contribution >= 0.6 is 22.7 Å². The van der Waals surface area contributed by atoms with Gasteiger partial charge in [0.1, 0.15) is 16.7 Å². The van der Waals surface area contributed by atoms with Crippen LogP contribution in [0.25, 0.3) is 20.7 Å². The predicted octanol–water partition coefficient (Wildman–Crippen LogP) is 4.35. The molecule has 0 aliphatic carbocycles. The number of thiophene rings is 2. The van der Waals surface area contributed by atoms with Crippen LogP contribution in [-0.2, 0) is 17.6 Å². The van der Waals surface area contributed by atoms with Gasteiger partial charge >= 0.3 is 5.97 Å². The number of rotatable bonds is 6. The van der Waals surface area contributed by atoms with Crippen LogP contribution in [0.3, 0.4) is 0 Å². The first kappa shape index (κ1) is 17.8. The first-order valence-electron chi connectivity index (χ1n) is 8.36. The second kappa shape index (κ2) is 7.09. The van der Waals surface area contributed by atoms with Gasteiger partial charge in [0.15, 0.2) is 0 Å². The van der Waals surface area contributed by atoms with Gasteiger partial charge in [-0.15, -0.1) is 22.7 Å². The first-order valence-corrected chi connectivity index (χ1v) is 10.1. The Balaban J connectivity index is 2.43. The normalized spacial score (nSPS) is 12.6. The Morgan fingerprint density at radius 1 is 1.32 bits per heavy atom. The van der Waals surface area contributed by atoms with E-state index in [0.717, 1.165) is 21.7 Å². The summed E-state index contributed by atoms with van der Waals surface area (Å²) in [6.07, 6.45) is 1.67. The van der Waals surface area contributed by atoms with E-state index in [1.54, 1.807) is 18.3 Å². The molecule has 25 heavy (non-hydrogen) atoms. The summed E-state index contributed by atoms with van der Waals surface area (Å²) >= 11 is 3.12. The highest BCUT2D eigenvalue weighted by Crippen LogP contribution is 2.39. The van der Waals surface area contributed by atoms with Gasteiger partial charge in [-0.3, -0.25) is 9.36 Å². The molecule has 0 fully saturated rings. The molecule has 0 aromatic carbocycles. The number of nitrogens with zero attached hydrogens (tertiary/aromatic N) is 2. The quantitative estimate of drug-likeness (QED) is 0.694. The molecule has 0 aliphatic rings. The molecule has 132 valence electrons. The maximum atomic E-state index is 13.3. The molecule has 0 spiro atoms. The fourth-order valence-corrected chi connectivity index (χ4v) is 5.12. The van der Waals surface area contributed by atoms with Gasteiger partial charge in [0.05, 0.1) is 5.39 Å². The molecule has 3 heterocycles. The second-order valence-electron chi connectivity index (χ2n) is 5.73. The summed E-state index contributed by atoms with van der Waals surface area (Å²) in [6.45, 7) is 5.74. The Morgan fingerprint density at radius 2 is 2.08 bits per heavy atom. The van der Waals surface area contributed by atoms with Gasteiger partial charge in [-0.1, -0.05) is 26.8 Å². The molecule has 5 nitrogen and oxygen atoms in total. The van der Waals surface area contributed by atoms with Gasteiger partial charge in [-0.2, -0.15) is 0 Å². The molecule has 1 unspecified atom stereocenters. The van der Waals surface area contributed by atoms with E-state index >= 15 is 0 Å². The molecule has 7 heteroatoms. The van der Waals surface area contributed by atoms with E-state index in [9.17, 15) is 14.7 Å². The Morgan fingerprint density at radius 3 is 2.60 bits per heavy atom. The number of hydrogen-bond donors (Lipinski definition) is 1. The maximum Gasteiger partial charge on any atom is 0.326 e. The van der Waals surface area contributed by atoms with Gasteiger partial charge < -0.3 is 5.11 Å². The monoisotopic (exact) mass is 376 g/mol. The standard InChI is InChI=1S/C18H20N2O3S2/c1-4-10(18(22)23)20-13(6-3)19-16-15(17(20)21)14(11(5-2)25-16)12-8-7-9-24-12/h7-10H,4-6H2,1-3H3,(H,22,23). The fraction of sp³-hybridized carbons (Fsp3) is 0.389. The van der Waals surface area contributed by atoms with Gasteiger partial charge in [0.25, 0.3) is 5.56 Å². The van der Waals surface area contributed by atoms with Crippen LogP contribution in [0.1, 0.15) is 43.9 Å². The molecule has 0 amide bonds. The minimum atomic E-state index is -0.996. The summed E-state index contributed by atoms with van der Waals surface area (Å²) in [5, 5.41) is 12.1. The van der Waals surface area contributed by atoms with Crippen molar-refractivity contribution in [3.05, 3.63) is 38.6 Å². The number of carboxylic acids is 1. The molecule has 3 rings (SSSR count). The largest absolute Gasteiger partial charge is 0.480 e. The summed E-state index contributed by atoms with van der Waals surface area (Å²) < 4.78 is 1.38. The molecule has 0 bridgehead atoms. The molecule has 1 N–H and O–H groups in total. The van der Waals surface area contributed by atoms with E-state index in [4.69, 9.17) is 0 Å². The van der Waals surface area contributed by atoms with Crippen LogP contribution in [0.4, 0.5) is 0 Å². The third kappa shape index (κ3) is 2.91. The lowest BCUT2D eigenvalue weighted by Gasteiger charge is -2.17. The molecule has 0 aliphatic heterocycles. The highest BCUT2D eigenvalue weighted by atomic mass is 32.1. The Labute approximate surface area is 153 Å². The highest BCUT2D eigenvalue weighted by Gasteiger charge is 2.26. The van der Waals surface area contributed by atoms with Crippen LogP contribution in [0.2, 0.25) is 0 Å². The number of aryl methyl sites for hydroxylation is 2. The third-order valence-electron chi connectivity index (χ3n) is 4.29. The highest BCUT2D eigenvalue weighted by molar-refractivity contribution is 7.20. The summed E-state index contributed by atoms with van der Waals surface area (Å²) in [4.78, 5) is 32.5. The zero-order chi connectivity index (χ0) is 18.1. The number of carbonyl (C=O) groups is 1. The van der Waals surface area contributed by atoms with Crippen LogP contribution in [0.5, 0.6) is 0 Å². The fourth-order valence-electron chi connectivity index (χ4n) is 3.12. The zero-order valence-electron chi connectivity index (χ0n) is 14.4. The van der Waals surface area contributed by atoms with Crippen molar-refractivity contribution in [1.29, 1.82) is 0 Å². The van der Waals surface area contributed by atoms with Crippen molar-refractivity contribution in [2.24, 2.45) is 0 Å². The maximum absolute atomic E-state index is 13.3. The molecule has 0 radical (unpaired) electrons. The minimum absolute atomic E-state index is 0.240. The van der Waals surface area contributed by atoms with E-state index in [2.05, 4.69) is 11.9 Å². The van der Waals surface area contributed by atoms with Crippen molar-refractivity contribution in [1.82, 2.24) is 9.55 Å². The van der Waals surface area contributed by atoms with E-state index in [-0.39, 0.29) is 5.56 Å². The number of aliphatic carboxylic acids is 1. The van der Waals surface area contributed by atoms with Gasteiger partial charge in [-0.05, 0) is 24.3 Å². The molecular formula is C18H20N2O3S2. The molecule has 1 atom stereocenters. The van der Waals surface area contributed by atoms with Crippen molar-refractivity contribution >= 4 is 38.9 Å². The van der Waals surface area contributed by atoms with E-state index in [1.807, 2.05) is 24.4 Å². The number of fused-ring (bicyclic) bond motifs is 1. The van der Waals surface area contributed by atoms with E-state index < -0.39 is 12.0 Å². The Bertz CT molecular complexity index is 971. The van der Waals surface area contributed by atoms with Crippen molar-refractivity contribution in [3.63, 3.8) is 0 Å². The van der Waals surface area contributed by atoms with Crippen molar-refractivity contribution < 1.29 is 9.90 Å². The van der Waals surface area contributed by atoms with Crippen LogP contribution < -0.4 is 5.56 Å². The Hall–Kier alpha value is -1.99. The number of hydrogen-bond acceptors (Lipinski definition) is 5. The van der Waals surface area contributed by atoms with Crippen molar-refractivity contribution in [2.75, 3.05) is 0 Å². The molecular weight excluding hydrogens is 356 g/mol. The summed E-state index contributed by atoms with van der Waals surface area (Å²) in [7, 11) is 0. The lowest BCUT2D eigenvalue weighted by atomic mass is 10.1. The summed E-state index contributed by atoms with van der Waals surface area (Å²) in [5.41, 5.74) is 0.682. The van der Waals surface area contributed by atoms with Crippen LogP contribution in [0.15, 0.2) is 22.3 Å². The van der Waals surface area contributed by atoms with Gasteiger partial charge in [0.2, 0.25) is 0 Å². The average Bonchev–Trinajstić information content (AvgIpc) is 3.23. The SMILES string of the molecule is CCc1sc2nc(CC)n(C(CC)C(=O)O)c(=O)c2c1-c1cccs1. The van der Waals surface area contributed by atoms with Crippen LogP contribution in [-0.4, -0.2) is 20.6 Å². The lowest BCUT2D eigenvalue weighted by Crippen LogP contribution is -2.33. The van der Waals surface area contributed by atoms with Gasteiger partial charge in [-0.25, -0.2) is 9.78 Å². The first-order chi connectivity index (χ1) is 12.0. The molecule has 0 saturated heterocycles. The van der Waals surface area contributed by atoms with E-state index in [0.29, 0.717) is 28.9 Å². The van der Waals surface area contributed by atoms with Gasteiger partial charge in [0, 0.05) is 21.7 Å². The molecule has 3 aromatic rings. The van der Waals surface area contributed by atoms with Crippen molar-refractivity contribution in [3.8, 4) is 10.4 Å². The van der Waals surface area contributed by atoms with Crippen molar-refractivity contribution in [2.45, 2.75) is 46.1 Å². The minimum Gasteiger partial charge on any atom is -0.480 e. The Kier molecular flexibility index (Phi) is 5.06. The number of carboxylic acid groups (broad SMARTS) is 1. The smallest absolute Gasteiger partial charge is 0.326 e. The lowest BCUT2D eigenvalue weighted by molar-refractivity contribution is -0.141. The zero-order valence-corrected chi connectivity index (χ0v) is 16.0. The topological polar surface area (TPSA) is 72.2 Å². The summed E-state index contributed by atoms with van der Waals surface area (Å²) in [6, 6.07) is 3.07. The molecule has 0 saturated carbocycles. The second-order valence-corrected chi connectivity index (χ2v) is 7.76. The van der Waals surface area contributed by atoms with E-state index in [1.165, 1.54) is 15.9 Å². The molecule has 3 aromatic heterocycles. The average molecular weight is 377 g/mol.